The smallest absolute Gasteiger partial charge is 0.338 e. The Morgan fingerprint density at radius 1 is 1.37 bits per heavy atom. The maximum absolute atomic E-state index is 11.9. The molecule has 0 saturated heterocycles. The van der Waals surface area contributed by atoms with E-state index in [1.807, 2.05) is 0 Å². The van der Waals surface area contributed by atoms with E-state index in [0.29, 0.717) is 0 Å². The minimum Gasteiger partial charge on any atom is -0.478 e. The third kappa shape index (κ3) is 2.71. The summed E-state index contributed by atoms with van der Waals surface area (Å²) >= 11 is 1.15. The molecule has 0 saturated carbocycles. The van der Waals surface area contributed by atoms with Crippen LogP contribution in [0.15, 0.2) is 29.2 Å². The molecule has 0 aromatic carbocycles. The summed E-state index contributed by atoms with van der Waals surface area (Å²) in [5, 5.41) is 11.7. The molecule has 2 aromatic heterocycles. The maximum Gasteiger partial charge on any atom is 0.338 e. The molecule has 0 aliphatic rings. The summed E-state index contributed by atoms with van der Waals surface area (Å²) in [6.07, 6.45) is 1.41. The van der Waals surface area contributed by atoms with E-state index in [1.165, 1.54) is 24.4 Å². The first-order valence-corrected chi connectivity index (χ1v) is 6.13. The highest BCUT2D eigenvalue weighted by molar-refractivity contribution is 7.16. The number of carbonyl (C=O) groups excluding carboxylic acids is 1. The molecule has 2 aromatic rings. The van der Waals surface area contributed by atoms with Crippen LogP contribution in [0.2, 0.25) is 0 Å². The average Bonchev–Trinajstić information content (AvgIpc) is 2.70. The van der Waals surface area contributed by atoms with Crippen LogP contribution in [-0.2, 0) is 0 Å². The van der Waals surface area contributed by atoms with Crippen molar-refractivity contribution in [3.63, 3.8) is 0 Å². The largest absolute Gasteiger partial charge is 0.478 e. The number of hydrogen-bond acceptors (Lipinski definition) is 4. The fraction of sp³-hybridized carbons (Fsp3) is 0.0833. The van der Waals surface area contributed by atoms with Crippen molar-refractivity contribution in [3.05, 3.63) is 50.8 Å². The summed E-state index contributed by atoms with van der Waals surface area (Å²) in [6, 6.07) is 4.36. The van der Waals surface area contributed by atoms with Crippen LogP contribution in [0.5, 0.6) is 0 Å². The van der Waals surface area contributed by atoms with Crippen molar-refractivity contribution in [1.29, 1.82) is 0 Å². The van der Waals surface area contributed by atoms with Gasteiger partial charge in [-0.05, 0) is 25.1 Å². The molecule has 2 heterocycles. The van der Waals surface area contributed by atoms with Gasteiger partial charge in [-0.3, -0.25) is 9.59 Å². The number of carboxylic acids is 1. The number of aromatic carboxylic acids is 1. The van der Waals surface area contributed by atoms with E-state index < -0.39 is 17.4 Å². The van der Waals surface area contributed by atoms with Crippen molar-refractivity contribution in [3.8, 4) is 0 Å². The Labute approximate surface area is 111 Å². The number of thiophene rings is 1. The van der Waals surface area contributed by atoms with Crippen LogP contribution in [0.25, 0.3) is 0 Å². The predicted octanol–water partition coefficient (Wildman–Crippen LogP) is 1.70. The second kappa shape index (κ2) is 5.07. The van der Waals surface area contributed by atoms with Gasteiger partial charge in [0.15, 0.2) is 0 Å². The number of hydrogen-bond donors (Lipinski definition) is 3. The summed E-state index contributed by atoms with van der Waals surface area (Å²) in [5.41, 5.74) is -0.571. The predicted molar refractivity (Wildman–Crippen MR) is 71.0 cm³/mol. The molecule has 7 heteroatoms. The lowest BCUT2D eigenvalue weighted by molar-refractivity contribution is 0.0698. The molecule has 19 heavy (non-hydrogen) atoms. The monoisotopic (exact) mass is 278 g/mol. The first-order chi connectivity index (χ1) is 8.99. The van der Waals surface area contributed by atoms with Gasteiger partial charge in [0.25, 0.3) is 11.5 Å². The fourth-order valence-corrected chi connectivity index (χ4v) is 2.44. The normalized spacial score (nSPS) is 10.2. The van der Waals surface area contributed by atoms with E-state index in [9.17, 15) is 14.4 Å². The van der Waals surface area contributed by atoms with Gasteiger partial charge in [-0.1, -0.05) is 0 Å². The zero-order chi connectivity index (χ0) is 14.0. The van der Waals surface area contributed by atoms with Crippen molar-refractivity contribution in [2.24, 2.45) is 0 Å². The fourth-order valence-electron chi connectivity index (χ4n) is 1.54. The topological polar surface area (TPSA) is 99.3 Å². The molecular formula is C12H10N2O4S. The quantitative estimate of drug-likeness (QED) is 0.795. The molecule has 0 fully saturated rings. The number of nitrogens with one attached hydrogen (secondary N) is 2. The molecule has 98 valence electrons. The number of aromatic amines is 1. The van der Waals surface area contributed by atoms with Gasteiger partial charge in [0.1, 0.15) is 10.6 Å². The third-order valence-corrected chi connectivity index (χ3v) is 3.34. The standard InChI is InChI=1S/C12H10N2O4S/c1-6-5-8(12(17)18)11(19-6)14-10(16)7-3-2-4-13-9(7)15/h2-5H,1H3,(H,13,15)(H,14,16)(H,17,18). The van der Waals surface area contributed by atoms with Crippen molar-refractivity contribution in [2.45, 2.75) is 6.92 Å². The number of rotatable bonds is 3. The van der Waals surface area contributed by atoms with E-state index in [4.69, 9.17) is 5.11 Å². The number of carbonyl (C=O) groups is 2. The van der Waals surface area contributed by atoms with Crippen LogP contribution in [0.3, 0.4) is 0 Å². The maximum atomic E-state index is 11.9. The van der Waals surface area contributed by atoms with E-state index in [1.54, 1.807) is 6.92 Å². The highest BCUT2D eigenvalue weighted by atomic mass is 32.1. The lowest BCUT2D eigenvalue weighted by Crippen LogP contribution is -2.22. The number of carboxylic acid groups (broad SMARTS) is 1. The zero-order valence-electron chi connectivity index (χ0n) is 9.89. The Morgan fingerprint density at radius 2 is 2.11 bits per heavy atom. The molecule has 0 spiro atoms. The molecular weight excluding hydrogens is 268 g/mol. The summed E-state index contributed by atoms with van der Waals surface area (Å²) in [4.78, 5) is 37.5. The minimum atomic E-state index is -1.12. The van der Waals surface area contributed by atoms with Crippen molar-refractivity contribution >= 4 is 28.2 Å². The van der Waals surface area contributed by atoms with Gasteiger partial charge in [-0.15, -0.1) is 11.3 Å². The van der Waals surface area contributed by atoms with Crippen molar-refractivity contribution < 1.29 is 14.7 Å². The van der Waals surface area contributed by atoms with Crippen molar-refractivity contribution in [1.82, 2.24) is 4.98 Å². The molecule has 6 nitrogen and oxygen atoms in total. The summed E-state index contributed by atoms with van der Waals surface area (Å²) < 4.78 is 0. The minimum absolute atomic E-state index is 0.0169. The number of aryl methyl sites for hydroxylation is 1. The summed E-state index contributed by atoms with van der Waals surface area (Å²) in [7, 11) is 0. The Morgan fingerprint density at radius 3 is 2.74 bits per heavy atom. The Kier molecular flexibility index (Phi) is 3.48. The molecule has 0 radical (unpaired) electrons. The van der Waals surface area contributed by atoms with Crippen LogP contribution in [0.1, 0.15) is 25.6 Å². The SMILES string of the molecule is Cc1cc(C(=O)O)c(NC(=O)c2ccc[nH]c2=O)s1. The van der Waals surface area contributed by atoms with Gasteiger partial charge >= 0.3 is 5.97 Å². The molecule has 3 N–H and O–H groups in total. The Bertz CT molecular complexity index is 702. The summed E-state index contributed by atoms with van der Waals surface area (Å²) in [6.45, 7) is 1.74. The van der Waals surface area contributed by atoms with Gasteiger partial charge in [-0.25, -0.2) is 4.79 Å². The van der Waals surface area contributed by atoms with Crippen LogP contribution < -0.4 is 10.9 Å². The number of anilines is 1. The van der Waals surface area contributed by atoms with Gasteiger partial charge in [-0.2, -0.15) is 0 Å². The molecule has 0 unspecified atom stereocenters. The lowest BCUT2D eigenvalue weighted by atomic mass is 10.2. The van der Waals surface area contributed by atoms with Gasteiger partial charge in [0.2, 0.25) is 0 Å². The van der Waals surface area contributed by atoms with Crippen LogP contribution >= 0.6 is 11.3 Å². The number of H-pyrrole nitrogens is 1. The van der Waals surface area contributed by atoms with Gasteiger partial charge < -0.3 is 15.4 Å². The van der Waals surface area contributed by atoms with E-state index in [2.05, 4.69) is 10.3 Å². The molecule has 0 atom stereocenters. The zero-order valence-corrected chi connectivity index (χ0v) is 10.7. The highest BCUT2D eigenvalue weighted by Gasteiger charge is 2.17. The van der Waals surface area contributed by atoms with Gasteiger partial charge in [0, 0.05) is 11.1 Å². The first-order valence-electron chi connectivity index (χ1n) is 5.32. The third-order valence-electron chi connectivity index (χ3n) is 2.38. The van der Waals surface area contributed by atoms with Crippen molar-refractivity contribution in [2.75, 3.05) is 5.32 Å². The molecule has 1 amide bonds. The Balaban J connectivity index is 2.32. The van der Waals surface area contributed by atoms with E-state index in [-0.39, 0.29) is 16.1 Å². The van der Waals surface area contributed by atoms with Gasteiger partial charge in [0.05, 0.1) is 5.56 Å². The number of pyridine rings is 1. The number of amides is 1. The first kappa shape index (κ1) is 13.0. The second-order valence-electron chi connectivity index (χ2n) is 3.77. The van der Waals surface area contributed by atoms with Crippen LogP contribution in [0, 0.1) is 6.92 Å². The van der Waals surface area contributed by atoms with Crippen LogP contribution in [0.4, 0.5) is 5.00 Å². The number of aromatic nitrogens is 1. The average molecular weight is 278 g/mol. The lowest BCUT2D eigenvalue weighted by Gasteiger charge is -2.03. The van der Waals surface area contributed by atoms with E-state index >= 15 is 0 Å². The van der Waals surface area contributed by atoms with Crippen LogP contribution in [-0.4, -0.2) is 22.0 Å². The van der Waals surface area contributed by atoms with E-state index in [0.717, 1.165) is 16.2 Å². The molecule has 0 aliphatic heterocycles. The molecule has 0 bridgehead atoms. The highest BCUT2D eigenvalue weighted by Crippen LogP contribution is 2.27. The molecule has 0 aliphatic carbocycles. The summed E-state index contributed by atoms with van der Waals surface area (Å²) in [5.74, 6) is -1.76. The second-order valence-corrected chi connectivity index (χ2v) is 5.03. The molecule has 2 rings (SSSR count). The Hall–Kier alpha value is -2.41.